The monoisotopic (exact) mass is 466 g/mol. The fraction of sp³-hybridized carbons (Fsp3) is 0.238. The summed E-state index contributed by atoms with van der Waals surface area (Å²) in [6.07, 6.45) is -3.67. The van der Waals surface area contributed by atoms with E-state index in [0.29, 0.717) is 42.0 Å². The van der Waals surface area contributed by atoms with Crippen molar-refractivity contribution in [2.24, 2.45) is 0 Å². The first-order valence-corrected chi connectivity index (χ1v) is 11.1. The van der Waals surface area contributed by atoms with Gasteiger partial charge >= 0.3 is 6.18 Å². The number of rotatable bonds is 6. The average molecular weight is 467 g/mol. The van der Waals surface area contributed by atoms with Gasteiger partial charge in [0.1, 0.15) is 13.2 Å². The van der Waals surface area contributed by atoms with Gasteiger partial charge in [0.15, 0.2) is 11.5 Å². The molecule has 0 aliphatic carbocycles. The molecule has 0 spiro atoms. The summed E-state index contributed by atoms with van der Waals surface area (Å²) in [7, 11) is 0. The van der Waals surface area contributed by atoms with Crippen LogP contribution in [0.5, 0.6) is 11.5 Å². The zero-order valence-corrected chi connectivity index (χ0v) is 17.7. The van der Waals surface area contributed by atoms with Crippen LogP contribution in [0.15, 0.2) is 59.1 Å². The van der Waals surface area contributed by atoms with Crippen molar-refractivity contribution in [1.29, 1.82) is 0 Å². The van der Waals surface area contributed by atoms with Crippen molar-refractivity contribution in [3.8, 4) is 11.5 Å². The van der Waals surface area contributed by atoms with Crippen LogP contribution in [0, 0.1) is 0 Å². The Balaban J connectivity index is 1.50. The smallest absolute Gasteiger partial charge is 0.417 e. The van der Waals surface area contributed by atoms with Gasteiger partial charge in [-0.15, -0.1) is 11.3 Å². The molecule has 162 valence electrons. The predicted molar refractivity (Wildman–Crippen MR) is 113 cm³/mol. The first kappa shape index (κ1) is 21.5. The highest BCUT2D eigenvalue weighted by atomic mass is 32.2. The summed E-state index contributed by atoms with van der Waals surface area (Å²) in [6.45, 7) is 1.28. The largest absolute Gasteiger partial charge is 0.486 e. The maximum Gasteiger partial charge on any atom is 0.417 e. The molecule has 10 heteroatoms. The average Bonchev–Trinajstić information content (AvgIpc) is 3.28. The van der Waals surface area contributed by atoms with E-state index in [9.17, 15) is 18.0 Å². The molecular formula is C21H17F3N2O3S2. The predicted octanol–water partition coefficient (Wildman–Crippen LogP) is 5.26. The minimum Gasteiger partial charge on any atom is -0.486 e. The number of hydrogen-bond donors (Lipinski definition) is 0. The number of benzene rings is 1. The Bertz CT molecular complexity index is 1040. The molecule has 0 atom stereocenters. The van der Waals surface area contributed by atoms with Crippen LogP contribution in [0.1, 0.15) is 10.4 Å². The van der Waals surface area contributed by atoms with Gasteiger partial charge in [-0.05, 0) is 35.7 Å². The molecule has 0 unspecified atom stereocenters. The van der Waals surface area contributed by atoms with Crippen LogP contribution in [-0.4, -0.2) is 29.9 Å². The number of carbonyl (C=O) groups excluding carboxylic acids is 1. The maximum absolute atomic E-state index is 13.1. The van der Waals surface area contributed by atoms with Crippen LogP contribution in [-0.2, 0) is 17.5 Å². The first-order chi connectivity index (χ1) is 14.9. The van der Waals surface area contributed by atoms with Crippen LogP contribution in [0.25, 0.3) is 0 Å². The SMILES string of the molecule is O=C(CSc1ccc(C(F)(F)F)cn1)N(Cc1cccs1)c1ccc2c(c1)OCCO2. The van der Waals surface area contributed by atoms with Crippen LogP contribution in [0.2, 0.25) is 0 Å². The van der Waals surface area contributed by atoms with Gasteiger partial charge in [-0.3, -0.25) is 4.79 Å². The summed E-state index contributed by atoms with van der Waals surface area (Å²) < 4.78 is 49.3. The van der Waals surface area contributed by atoms with E-state index in [0.717, 1.165) is 28.9 Å². The maximum atomic E-state index is 13.1. The van der Waals surface area contributed by atoms with E-state index in [1.54, 1.807) is 23.1 Å². The fourth-order valence-corrected chi connectivity index (χ4v) is 4.34. The number of anilines is 1. The molecule has 1 amide bonds. The molecule has 0 saturated heterocycles. The molecule has 1 aromatic carbocycles. The van der Waals surface area contributed by atoms with E-state index in [-0.39, 0.29) is 11.7 Å². The lowest BCUT2D eigenvalue weighted by atomic mass is 10.2. The molecule has 3 aromatic rings. The molecule has 2 aromatic heterocycles. The number of thiophene rings is 1. The Labute approximate surface area is 184 Å². The molecule has 0 fully saturated rings. The third-order valence-electron chi connectivity index (χ3n) is 4.44. The van der Waals surface area contributed by atoms with Crippen molar-refractivity contribution >= 4 is 34.7 Å². The Morgan fingerprint density at radius 2 is 1.94 bits per heavy atom. The molecule has 0 saturated carbocycles. The van der Waals surface area contributed by atoms with Crippen molar-refractivity contribution in [3.63, 3.8) is 0 Å². The Kier molecular flexibility index (Phi) is 6.38. The number of nitrogens with zero attached hydrogens (tertiary/aromatic N) is 2. The summed E-state index contributed by atoms with van der Waals surface area (Å²) >= 11 is 2.62. The molecule has 0 N–H and O–H groups in total. The quantitative estimate of drug-likeness (QED) is 0.464. The van der Waals surface area contributed by atoms with Gasteiger partial charge in [-0.25, -0.2) is 4.98 Å². The number of carbonyl (C=O) groups is 1. The van der Waals surface area contributed by atoms with Crippen molar-refractivity contribution < 1.29 is 27.4 Å². The summed E-state index contributed by atoms with van der Waals surface area (Å²) in [4.78, 5) is 19.5. The van der Waals surface area contributed by atoms with E-state index in [4.69, 9.17) is 9.47 Å². The molecule has 4 rings (SSSR count). The van der Waals surface area contributed by atoms with Gasteiger partial charge in [-0.1, -0.05) is 17.8 Å². The Morgan fingerprint density at radius 1 is 1.13 bits per heavy atom. The van der Waals surface area contributed by atoms with Crippen molar-refractivity contribution in [1.82, 2.24) is 4.98 Å². The van der Waals surface area contributed by atoms with Crippen LogP contribution in [0.4, 0.5) is 18.9 Å². The molecule has 3 heterocycles. The Morgan fingerprint density at radius 3 is 2.61 bits per heavy atom. The van der Waals surface area contributed by atoms with Crippen molar-refractivity contribution in [2.45, 2.75) is 17.7 Å². The van der Waals surface area contributed by atoms with E-state index >= 15 is 0 Å². The molecule has 0 radical (unpaired) electrons. The van der Waals surface area contributed by atoms with Gasteiger partial charge < -0.3 is 14.4 Å². The lowest BCUT2D eigenvalue weighted by Gasteiger charge is -2.25. The number of pyridine rings is 1. The number of ether oxygens (including phenoxy) is 2. The van der Waals surface area contributed by atoms with Crippen LogP contribution in [0.3, 0.4) is 0 Å². The van der Waals surface area contributed by atoms with Gasteiger partial charge in [0, 0.05) is 22.8 Å². The molecule has 0 bridgehead atoms. The van der Waals surface area contributed by atoms with Gasteiger partial charge in [0.25, 0.3) is 0 Å². The zero-order valence-electron chi connectivity index (χ0n) is 16.1. The topological polar surface area (TPSA) is 51.7 Å². The minimum absolute atomic E-state index is 0.0260. The van der Waals surface area contributed by atoms with Gasteiger partial charge in [0.2, 0.25) is 5.91 Å². The van der Waals surface area contributed by atoms with Crippen LogP contribution < -0.4 is 14.4 Å². The normalized spacial score (nSPS) is 13.1. The van der Waals surface area contributed by atoms with E-state index in [1.807, 2.05) is 17.5 Å². The number of fused-ring (bicyclic) bond motifs is 1. The molecule has 1 aliphatic rings. The zero-order chi connectivity index (χ0) is 21.8. The third-order valence-corrected chi connectivity index (χ3v) is 6.23. The van der Waals surface area contributed by atoms with Gasteiger partial charge in [0.05, 0.1) is 22.9 Å². The highest BCUT2D eigenvalue weighted by molar-refractivity contribution is 7.99. The molecule has 1 aliphatic heterocycles. The molecule has 31 heavy (non-hydrogen) atoms. The molecular weight excluding hydrogens is 449 g/mol. The number of aromatic nitrogens is 1. The summed E-state index contributed by atoms with van der Waals surface area (Å²) in [5, 5.41) is 2.28. The van der Waals surface area contributed by atoms with E-state index in [2.05, 4.69) is 4.98 Å². The van der Waals surface area contributed by atoms with Gasteiger partial charge in [-0.2, -0.15) is 13.2 Å². The second-order valence-corrected chi connectivity index (χ2v) is 8.59. The summed E-state index contributed by atoms with van der Waals surface area (Å²) in [5.41, 5.74) is -0.164. The third kappa shape index (κ3) is 5.31. The van der Waals surface area contributed by atoms with Crippen molar-refractivity contribution in [2.75, 3.05) is 23.9 Å². The minimum atomic E-state index is -4.44. The standard InChI is InChI=1S/C21H17F3N2O3S2/c22-21(23,24)14-3-6-19(25-11-14)31-13-20(27)26(12-16-2-1-9-30-16)15-4-5-17-18(10-15)29-8-7-28-17/h1-6,9-11H,7-8,12-13H2. The fourth-order valence-electron chi connectivity index (χ4n) is 2.93. The highest BCUT2D eigenvalue weighted by Crippen LogP contribution is 2.35. The highest BCUT2D eigenvalue weighted by Gasteiger charge is 2.30. The van der Waals surface area contributed by atoms with E-state index in [1.165, 1.54) is 17.4 Å². The van der Waals surface area contributed by atoms with Crippen molar-refractivity contribution in [3.05, 3.63) is 64.5 Å². The lowest BCUT2D eigenvalue weighted by molar-refractivity contribution is -0.137. The second-order valence-electron chi connectivity index (χ2n) is 6.56. The Hall–Kier alpha value is -2.72. The second kappa shape index (κ2) is 9.19. The number of halogens is 3. The summed E-state index contributed by atoms with van der Waals surface area (Å²) in [5.74, 6) is 1.03. The number of alkyl halides is 3. The number of thioether (sulfide) groups is 1. The summed E-state index contributed by atoms with van der Waals surface area (Å²) in [6, 6.07) is 11.4. The lowest BCUT2D eigenvalue weighted by Crippen LogP contribution is -2.31. The van der Waals surface area contributed by atoms with Crippen LogP contribution >= 0.6 is 23.1 Å². The first-order valence-electron chi connectivity index (χ1n) is 9.28. The van der Waals surface area contributed by atoms with E-state index < -0.39 is 11.7 Å². The number of amides is 1. The molecule has 5 nitrogen and oxygen atoms in total. The number of hydrogen-bond acceptors (Lipinski definition) is 6.